The average molecular weight is 373 g/mol. The van der Waals surface area contributed by atoms with Crippen LogP contribution in [0.25, 0.3) is 0 Å². The minimum atomic E-state index is -3.12. The molecule has 10 heteroatoms. The molecule has 0 aromatic heterocycles. The third kappa shape index (κ3) is 3.58. The molecule has 0 aliphatic carbocycles. The minimum Gasteiger partial charge on any atom is -0.326 e. The van der Waals surface area contributed by atoms with Crippen molar-refractivity contribution in [1.82, 2.24) is 10.2 Å². The van der Waals surface area contributed by atoms with Crippen LogP contribution < -0.4 is 10.2 Å². The summed E-state index contributed by atoms with van der Waals surface area (Å²) in [7, 11) is -3.12. The third-order valence-electron chi connectivity index (χ3n) is 4.34. The molecule has 7 nitrogen and oxygen atoms in total. The SMILES string of the molecule is O=C(NC1CCN(c2c(F)cccc2F)C1=O)N1CCS(=O)(=O)CC1. The lowest BCUT2D eigenvalue weighted by Crippen LogP contribution is -2.52. The largest absolute Gasteiger partial charge is 0.326 e. The average Bonchev–Trinajstić information content (AvgIpc) is 2.88. The molecular formula is C15H17F2N3O4S. The number of nitrogens with one attached hydrogen (secondary N) is 1. The summed E-state index contributed by atoms with van der Waals surface area (Å²) in [5.41, 5.74) is -0.423. The molecule has 2 heterocycles. The summed E-state index contributed by atoms with van der Waals surface area (Å²) in [6, 6.07) is 1.88. The molecule has 3 rings (SSSR count). The summed E-state index contributed by atoms with van der Waals surface area (Å²) in [6.45, 7) is 0.192. The number of carbonyl (C=O) groups excluding carboxylic acids is 2. The Labute approximate surface area is 143 Å². The predicted octanol–water partition coefficient (Wildman–Crippen LogP) is 0.510. The second-order valence-corrected chi connectivity index (χ2v) is 8.29. The van der Waals surface area contributed by atoms with E-state index in [1.807, 2.05) is 0 Å². The Morgan fingerprint density at radius 2 is 1.72 bits per heavy atom. The van der Waals surface area contributed by atoms with Gasteiger partial charge in [-0.2, -0.15) is 0 Å². The molecule has 0 spiro atoms. The number of para-hydroxylation sites is 1. The molecule has 2 aliphatic rings. The Bertz CT molecular complexity index is 781. The van der Waals surface area contributed by atoms with Crippen LogP contribution in [0.3, 0.4) is 0 Å². The Morgan fingerprint density at radius 1 is 1.12 bits per heavy atom. The van der Waals surface area contributed by atoms with Crippen molar-refractivity contribution in [3.05, 3.63) is 29.8 Å². The number of nitrogens with zero attached hydrogens (tertiary/aromatic N) is 2. The minimum absolute atomic E-state index is 0.0563. The number of amides is 3. The van der Waals surface area contributed by atoms with Crippen LogP contribution in [0.2, 0.25) is 0 Å². The van der Waals surface area contributed by atoms with E-state index in [1.165, 1.54) is 11.0 Å². The molecular weight excluding hydrogens is 356 g/mol. The summed E-state index contributed by atoms with van der Waals surface area (Å²) in [5.74, 6) is -2.53. The van der Waals surface area contributed by atoms with Gasteiger partial charge in [-0.25, -0.2) is 22.0 Å². The van der Waals surface area contributed by atoms with E-state index in [-0.39, 0.29) is 37.6 Å². The fourth-order valence-electron chi connectivity index (χ4n) is 2.94. The highest BCUT2D eigenvalue weighted by atomic mass is 32.2. The van der Waals surface area contributed by atoms with Gasteiger partial charge in [-0.1, -0.05) is 6.07 Å². The maximum absolute atomic E-state index is 13.8. The molecule has 1 aromatic carbocycles. The van der Waals surface area contributed by atoms with Gasteiger partial charge >= 0.3 is 6.03 Å². The fourth-order valence-corrected chi connectivity index (χ4v) is 4.14. The van der Waals surface area contributed by atoms with Crippen LogP contribution in [-0.2, 0) is 14.6 Å². The van der Waals surface area contributed by atoms with E-state index >= 15 is 0 Å². The van der Waals surface area contributed by atoms with Crippen molar-refractivity contribution in [3.8, 4) is 0 Å². The van der Waals surface area contributed by atoms with E-state index in [4.69, 9.17) is 0 Å². The Kier molecular flexibility index (Phi) is 4.63. The lowest BCUT2D eigenvalue weighted by molar-refractivity contribution is -0.118. The molecule has 2 aliphatic heterocycles. The predicted molar refractivity (Wildman–Crippen MR) is 85.9 cm³/mol. The number of carbonyl (C=O) groups is 2. The maximum Gasteiger partial charge on any atom is 0.318 e. The highest BCUT2D eigenvalue weighted by Gasteiger charge is 2.37. The van der Waals surface area contributed by atoms with Gasteiger partial charge in [0.25, 0.3) is 0 Å². The lowest BCUT2D eigenvalue weighted by atomic mass is 10.2. The molecule has 25 heavy (non-hydrogen) atoms. The molecule has 136 valence electrons. The van der Waals surface area contributed by atoms with Gasteiger partial charge < -0.3 is 15.1 Å². The molecule has 0 saturated carbocycles. The van der Waals surface area contributed by atoms with Crippen LogP contribution in [-0.4, -0.2) is 62.4 Å². The topological polar surface area (TPSA) is 86.8 Å². The van der Waals surface area contributed by atoms with E-state index in [1.54, 1.807) is 0 Å². The van der Waals surface area contributed by atoms with E-state index < -0.39 is 45.1 Å². The lowest BCUT2D eigenvalue weighted by Gasteiger charge is -2.28. The van der Waals surface area contributed by atoms with Gasteiger partial charge in [0, 0.05) is 19.6 Å². The summed E-state index contributed by atoms with van der Waals surface area (Å²) in [6.07, 6.45) is 0.213. The molecule has 0 bridgehead atoms. The Balaban J connectivity index is 1.66. The number of urea groups is 1. The normalized spacial score (nSPS) is 23.0. The third-order valence-corrected chi connectivity index (χ3v) is 5.95. The number of rotatable bonds is 2. The highest BCUT2D eigenvalue weighted by Crippen LogP contribution is 2.27. The number of halogens is 2. The van der Waals surface area contributed by atoms with Gasteiger partial charge in [0.05, 0.1) is 11.5 Å². The van der Waals surface area contributed by atoms with E-state index in [0.717, 1.165) is 17.0 Å². The zero-order valence-corrected chi connectivity index (χ0v) is 14.1. The number of benzene rings is 1. The smallest absolute Gasteiger partial charge is 0.318 e. The van der Waals surface area contributed by atoms with Crippen molar-refractivity contribution in [1.29, 1.82) is 0 Å². The van der Waals surface area contributed by atoms with Gasteiger partial charge in [0.2, 0.25) is 5.91 Å². The Morgan fingerprint density at radius 3 is 2.32 bits per heavy atom. The molecule has 2 fully saturated rings. The fraction of sp³-hybridized carbons (Fsp3) is 0.467. The van der Waals surface area contributed by atoms with Crippen LogP contribution in [0.1, 0.15) is 6.42 Å². The van der Waals surface area contributed by atoms with Crippen LogP contribution in [0, 0.1) is 11.6 Å². The standard InChI is InChI=1S/C15H17F2N3O4S/c16-10-2-1-3-11(17)13(10)20-5-4-12(14(20)21)18-15(22)19-6-8-25(23,24)9-7-19/h1-3,12H,4-9H2,(H,18,22). The van der Waals surface area contributed by atoms with Crippen LogP contribution >= 0.6 is 0 Å². The highest BCUT2D eigenvalue weighted by molar-refractivity contribution is 7.91. The quantitative estimate of drug-likeness (QED) is 0.818. The molecule has 1 atom stereocenters. The zero-order valence-electron chi connectivity index (χ0n) is 13.2. The van der Waals surface area contributed by atoms with Crippen LogP contribution in [0.5, 0.6) is 0 Å². The van der Waals surface area contributed by atoms with Gasteiger partial charge in [0.15, 0.2) is 9.84 Å². The van der Waals surface area contributed by atoms with E-state index in [2.05, 4.69) is 5.32 Å². The van der Waals surface area contributed by atoms with Crippen LogP contribution in [0.4, 0.5) is 19.3 Å². The first-order valence-electron chi connectivity index (χ1n) is 7.80. The first-order valence-corrected chi connectivity index (χ1v) is 9.62. The van der Waals surface area contributed by atoms with Crippen molar-refractivity contribution in [2.24, 2.45) is 0 Å². The van der Waals surface area contributed by atoms with Gasteiger partial charge in [-0.15, -0.1) is 0 Å². The van der Waals surface area contributed by atoms with Crippen molar-refractivity contribution in [2.75, 3.05) is 36.0 Å². The van der Waals surface area contributed by atoms with Gasteiger partial charge in [0.1, 0.15) is 23.4 Å². The molecule has 2 saturated heterocycles. The summed E-state index contributed by atoms with van der Waals surface area (Å²) >= 11 is 0. The molecule has 1 aromatic rings. The molecule has 0 radical (unpaired) electrons. The first kappa shape index (κ1) is 17.6. The summed E-state index contributed by atoms with van der Waals surface area (Å²) < 4.78 is 50.5. The Hall–Kier alpha value is -2.23. The van der Waals surface area contributed by atoms with E-state index in [0.29, 0.717) is 0 Å². The monoisotopic (exact) mass is 373 g/mol. The number of hydrogen-bond acceptors (Lipinski definition) is 4. The van der Waals surface area contributed by atoms with Gasteiger partial charge in [-0.3, -0.25) is 4.79 Å². The van der Waals surface area contributed by atoms with Gasteiger partial charge in [-0.05, 0) is 18.6 Å². The van der Waals surface area contributed by atoms with Crippen molar-refractivity contribution in [2.45, 2.75) is 12.5 Å². The number of sulfone groups is 1. The van der Waals surface area contributed by atoms with Crippen molar-refractivity contribution >= 4 is 27.5 Å². The van der Waals surface area contributed by atoms with Crippen molar-refractivity contribution in [3.63, 3.8) is 0 Å². The first-order chi connectivity index (χ1) is 11.8. The molecule has 3 amide bonds. The van der Waals surface area contributed by atoms with E-state index in [9.17, 15) is 26.8 Å². The number of anilines is 1. The number of hydrogen-bond donors (Lipinski definition) is 1. The molecule has 1 unspecified atom stereocenters. The van der Waals surface area contributed by atoms with Crippen molar-refractivity contribution < 1.29 is 26.8 Å². The second kappa shape index (κ2) is 6.58. The van der Waals surface area contributed by atoms with Crippen LogP contribution in [0.15, 0.2) is 18.2 Å². The second-order valence-electron chi connectivity index (χ2n) is 5.99. The molecule has 1 N–H and O–H groups in total. The summed E-state index contributed by atoms with van der Waals surface area (Å²) in [5, 5.41) is 2.52. The zero-order chi connectivity index (χ0) is 18.2. The maximum atomic E-state index is 13.8. The summed E-state index contributed by atoms with van der Waals surface area (Å²) in [4.78, 5) is 26.9.